The second-order valence-corrected chi connectivity index (χ2v) is 4.09. The van der Waals surface area contributed by atoms with E-state index in [9.17, 15) is 4.79 Å². The summed E-state index contributed by atoms with van der Waals surface area (Å²) in [6.45, 7) is 4.20. The predicted molar refractivity (Wildman–Crippen MR) is 66.9 cm³/mol. The van der Waals surface area contributed by atoms with Crippen molar-refractivity contribution in [2.45, 2.75) is 26.7 Å². The molecule has 3 N–H and O–H groups in total. The molecule has 0 saturated heterocycles. The lowest BCUT2D eigenvalue weighted by Gasteiger charge is -2.09. The summed E-state index contributed by atoms with van der Waals surface area (Å²) in [5.74, 6) is -0.355. The molecule has 0 saturated carbocycles. The maximum atomic E-state index is 11.8. The minimum Gasteiger partial charge on any atom is -0.462 e. The van der Waals surface area contributed by atoms with Crippen molar-refractivity contribution < 1.29 is 14.6 Å². The maximum Gasteiger partial charge on any atom is 0.338 e. The number of carbonyl (C=O) groups is 1. The number of benzene rings is 1. The second-order valence-electron chi connectivity index (χ2n) is 4.09. The number of aliphatic hydroxyl groups excluding tert-OH is 1. The van der Waals surface area contributed by atoms with Gasteiger partial charge in [-0.3, -0.25) is 0 Å². The van der Waals surface area contributed by atoms with Gasteiger partial charge in [0, 0.05) is 12.3 Å². The van der Waals surface area contributed by atoms with Crippen LogP contribution in [0.15, 0.2) is 12.1 Å². The third-order valence-electron chi connectivity index (χ3n) is 2.62. The van der Waals surface area contributed by atoms with Crippen LogP contribution in [0.25, 0.3) is 0 Å². The van der Waals surface area contributed by atoms with Crippen LogP contribution in [0.3, 0.4) is 0 Å². The van der Waals surface area contributed by atoms with Crippen molar-refractivity contribution in [1.29, 1.82) is 0 Å². The Morgan fingerprint density at radius 2 is 2.00 bits per heavy atom. The number of nitrogens with two attached hydrogens (primary N) is 1. The van der Waals surface area contributed by atoms with Crippen molar-refractivity contribution in [3.63, 3.8) is 0 Å². The zero-order chi connectivity index (χ0) is 12.8. The minimum absolute atomic E-state index is 0.119. The Kier molecular flexibility index (Phi) is 4.97. The molecular formula is C13H19NO3. The van der Waals surface area contributed by atoms with Gasteiger partial charge in [0.25, 0.3) is 0 Å². The van der Waals surface area contributed by atoms with Gasteiger partial charge in [-0.25, -0.2) is 4.79 Å². The average molecular weight is 237 g/mol. The molecule has 0 heterocycles. The summed E-state index contributed by atoms with van der Waals surface area (Å²) < 4.78 is 5.10. The van der Waals surface area contributed by atoms with Crippen molar-refractivity contribution >= 4 is 11.7 Å². The molecule has 94 valence electrons. The lowest BCUT2D eigenvalue weighted by atomic mass is 10.0. The number of unbranched alkanes of at least 4 members (excludes halogenated alkanes) is 1. The monoisotopic (exact) mass is 237 g/mol. The van der Waals surface area contributed by atoms with E-state index >= 15 is 0 Å². The van der Waals surface area contributed by atoms with Crippen LogP contribution in [0.2, 0.25) is 0 Å². The fourth-order valence-electron chi connectivity index (χ4n) is 1.55. The highest BCUT2D eigenvalue weighted by atomic mass is 16.5. The van der Waals surface area contributed by atoms with Crippen LogP contribution in [-0.4, -0.2) is 24.3 Å². The van der Waals surface area contributed by atoms with Crippen molar-refractivity contribution in [3.8, 4) is 0 Å². The Balaban J connectivity index is 2.66. The summed E-state index contributed by atoms with van der Waals surface area (Å²) in [4.78, 5) is 11.8. The molecule has 0 fully saturated rings. The van der Waals surface area contributed by atoms with Gasteiger partial charge in [-0.2, -0.15) is 0 Å². The number of hydrogen-bond donors (Lipinski definition) is 2. The number of nitrogen functional groups attached to an aromatic ring is 1. The fourth-order valence-corrected chi connectivity index (χ4v) is 1.55. The molecule has 0 radical (unpaired) electrons. The van der Waals surface area contributed by atoms with Crippen LogP contribution in [0.5, 0.6) is 0 Å². The SMILES string of the molecule is Cc1cc(C)c(C(=O)OCCCCO)cc1N. The summed E-state index contributed by atoms with van der Waals surface area (Å²) in [6.07, 6.45) is 1.31. The predicted octanol–water partition coefficient (Wildman–Crippen LogP) is 1.81. The molecule has 4 nitrogen and oxygen atoms in total. The molecule has 1 aromatic rings. The number of aliphatic hydroxyl groups is 1. The van der Waals surface area contributed by atoms with Crippen LogP contribution < -0.4 is 5.73 Å². The Bertz CT molecular complexity index is 402. The zero-order valence-electron chi connectivity index (χ0n) is 10.3. The lowest BCUT2D eigenvalue weighted by molar-refractivity contribution is 0.0492. The van der Waals surface area contributed by atoms with Gasteiger partial charge in [0.15, 0.2) is 0 Å². The maximum absolute atomic E-state index is 11.8. The van der Waals surface area contributed by atoms with Gasteiger partial charge in [0.2, 0.25) is 0 Å². The number of rotatable bonds is 5. The molecule has 0 amide bonds. The quantitative estimate of drug-likeness (QED) is 0.465. The topological polar surface area (TPSA) is 72.5 Å². The average Bonchev–Trinajstić information content (AvgIpc) is 2.29. The van der Waals surface area contributed by atoms with E-state index in [1.807, 2.05) is 19.9 Å². The molecule has 0 spiro atoms. The molecule has 0 aliphatic rings. The minimum atomic E-state index is -0.355. The van der Waals surface area contributed by atoms with E-state index in [1.165, 1.54) is 0 Å². The van der Waals surface area contributed by atoms with Crippen molar-refractivity contribution in [3.05, 3.63) is 28.8 Å². The first kappa shape index (κ1) is 13.5. The van der Waals surface area contributed by atoms with Crippen LogP contribution in [0, 0.1) is 13.8 Å². The van der Waals surface area contributed by atoms with Gasteiger partial charge < -0.3 is 15.6 Å². The van der Waals surface area contributed by atoms with E-state index < -0.39 is 0 Å². The summed E-state index contributed by atoms with van der Waals surface area (Å²) in [6, 6.07) is 3.53. The molecule has 4 heteroatoms. The standard InChI is InChI=1S/C13H19NO3/c1-9-7-10(2)12(14)8-11(9)13(16)17-6-4-3-5-15/h7-8,15H,3-6,14H2,1-2H3. The first-order valence-electron chi connectivity index (χ1n) is 5.71. The normalized spacial score (nSPS) is 10.3. The van der Waals surface area contributed by atoms with Crippen molar-refractivity contribution in [2.24, 2.45) is 0 Å². The number of anilines is 1. The molecule has 0 aliphatic heterocycles. The van der Waals surface area contributed by atoms with Crippen LogP contribution in [0.1, 0.15) is 34.3 Å². The van der Waals surface area contributed by atoms with E-state index in [2.05, 4.69) is 0 Å². The molecule has 1 aromatic carbocycles. The molecule has 0 unspecified atom stereocenters. The molecule has 17 heavy (non-hydrogen) atoms. The number of ether oxygens (including phenoxy) is 1. The van der Waals surface area contributed by atoms with E-state index in [0.29, 0.717) is 30.7 Å². The number of hydrogen-bond acceptors (Lipinski definition) is 4. The summed E-state index contributed by atoms with van der Waals surface area (Å²) >= 11 is 0. The molecule has 1 rings (SSSR count). The largest absolute Gasteiger partial charge is 0.462 e. The third-order valence-corrected chi connectivity index (χ3v) is 2.62. The Labute approximate surface area is 101 Å². The number of esters is 1. The molecule has 0 atom stereocenters. The van der Waals surface area contributed by atoms with E-state index in [0.717, 1.165) is 11.1 Å². The molecule has 0 aliphatic carbocycles. The first-order valence-corrected chi connectivity index (χ1v) is 5.71. The summed E-state index contributed by atoms with van der Waals surface area (Å²) in [5, 5.41) is 8.60. The summed E-state index contributed by atoms with van der Waals surface area (Å²) in [5.41, 5.74) is 8.69. The van der Waals surface area contributed by atoms with Gasteiger partial charge in [0.05, 0.1) is 12.2 Å². The third kappa shape index (κ3) is 3.75. The van der Waals surface area contributed by atoms with Gasteiger partial charge in [-0.15, -0.1) is 0 Å². The van der Waals surface area contributed by atoms with E-state index in [4.69, 9.17) is 15.6 Å². The first-order chi connectivity index (χ1) is 8.06. The Hall–Kier alpha value is -1.55. The molecule has 0 bridgehead atoms. The smallest absolute Gasteiger partial charge is 0.338 e. The van der Waals surface area contributed by atoms with Crippen LogP contribution in [-0.2, 0) is 4.74 Å². The summed E-state index contributed by atoms with van der Waals surface area (Å²) in [7, 11) is 0. The van der Waals surface area contributed by atoms with Crippen molar-refractivity contribution in [2.75, 3.05) is 18.9 Å². The highest BCUT2D eigenvalue weighted by Gasteiger charge is 2.11. The number of carbonyl (C=O) groups excluding carboxylic acids is 1. The highest BCUT2D eigenvalue weighted by molar-refractivity contribution is 5.92. The van der Waals surface area contributed by atoms with Crippen LogP contribution in [0.4, 0.5) is 5.69 Å². The number of aryl methyl sites for hydroxylation is 2. The molecular weight excluding hydrogens is 218 g/mol. The van der Waals surface area contributed by atoms with Crippen molar-refractivity contribution in [1.82, 2.24) is 0 Å². The van der Waals surface area contributed by atoms with Gasteiger partial charge in [-0.1, -0.05) is 6.07 Å². The Morgan fingerprint density at radius 3 is 2.65 bits per heavy atom. The zero-order valence-corrected chi connectivity index (χ0v) is 10.3. The molecule has 0 aromatic heterocycles. The van der Waals surface area contributed by atoms with E-state index in [1.54, 1.807) is 6.07 Å². The second kappa shape index (κ2) is 6.25. The highest BCUT2D eigenvalue weighted by Crippen LogP contribution is 2.18. The van der Waals surface area contributed by atoms with Gasteiger partial charge in [-0.05, 0) is 43.9 Å². The van der Waals surface area contributed by atoms with Gasteiger partial charge >= 0.3 is 5.97 Å². The van der Waals surface area contributed by atoms with E-state index in [-0.39, 0.29) is 12.6 Å². The lowest BCUT2D eigenvalue weighted by Crippen LogP contribution is -2.09. The van der Waals surface area contributed by atoms with Gasteiger partial charge in [0.1, 0.15) is 0 Å². The van der Waals surface area contributed by atoms with Crippen LogP contribution >= 0.6 is 0 Å². The Morgan fingerprint density at radius 1 is 1.29 bits per heavy atom. The fraction of sp³-hybridized carbons (Fsp3) is 0.462.